The van der Waals surface area contributed by atoms with Crippen LogP contribution in [0.25, 0.3) is 11.3 Å². The van der Waals surface area contributed by atoms with Crippen LogP contribution in [0.4, 0.5) is 20.4 Å². The highest BCUT2D eigenvalue weighted by molar-refractivity contribution is 5.67. The monoisotopic (exact) mass is 377 g/mol. The Labute approximate surface area is 153 Å². The Morgan fingerprint density at radius 1 is 1.41 bits per heavy atom. The van der Waals surface area contributed by atoms with E-state index in [1.54, 1.807) is 6.07 Å². The van der Waals surface area contributed by atoms with Crippen LogP contribution in [0, 0.1) is 0 Å². The maximum absolute atomic E-state index is 12.6. The van der Waals surface area contributed by atoms with Crippen LogP contribution < -0.4 is 15.4 Å². The Hall–Kier alpha value is -2.88. The molecule has 0 amide bonds. The Kier molecular flexibility index (Phi) is 4.56. The van der Waals surface area contributed by atoms with Crippen molar-refractivity contribution in [1.29, 1.82) is 0 Å². The van der Waals surface area contributed by atoms with E-state index in [0.29, 0.717) is 42.3 Å². The fourth-order valence-corrected chi connectivity index (χ4v) is 3.41. The van der Waals surface area contributed by atoms with Crippen molar-refractivity contribution < 1.29 is 23.0 Å². The molecule has 4 rings (SSSR count). The number of carbonyl (C=O) groups is 1. The highest BCUT2D eigenvalue weighted by atomic mass is 19.3. The Morgan fingerprint density at radius 3 is 2.93 bits per heavy atom. The molecular formula is C17H17F2N5O3. The van der Waals surface area contributed by atoms with Crippen LogP contribution in [-0.2, 0) is 16.0 Å². The summed E-state index contributed by atoms with van der Waals surface area (Å²) in [7, 11) is 0. The van der Waals surface area contributed by atoms with Crippen molar-refractivity contribution in [3.8, 4) is 17.0 Å². The van der Waals surface area contributed by atoms with E-state index >= 15 is 0 Å². The second-order valence-corrected chi connectivity index (χ2v) is 6.38. The number of fused-ring (bicyclic) bond motifs is 2. The summed E-state index contributed by atoms with van der Waals surface area (Å²) in [4.78, 5) is 25.8. The van der Waals surface area contributed by atoms with Crippen LogP contribution in [0.1, 0.15) is 12.2 Å². The van der Waals surface area contributed by atoms with Gasteiger partial charge in [0.05, 0.1) is 30.9 Å². The van der Waals surface area contributed by atoms with Gasteiger partial charge in [0.15, 0.2) is 11.6 Å². The van der Waals surface area contributed by atoms with Crippen LogP contribution >= 0.6 is 0 Å². The number of pyridine rings is 1. The molecule has 142 valence electrons. The second-order valence-electron chi connectivity index (χ2n) is 6.38. The first-order valence-electron chi connectivity index (χ1n) is 8.44. The topological polar surface area (TPSA) is 103 Å². The molecular weight excluding hydrogens is 360 g/mol. The van der Waals surface area contributed by atoms with Gasteiger partial charge < -0.3 is 24.9 Å². The number of aldehydes is 1. The first-order chi connectivity index (χ1) is 13.0. The van der Waals surface area contributed by atoms with Gasteiger partial charge in [-0.3, -0.25) is 0 Å². The number of morpholine rings is 1. The molecule has 2 aromatic rings. The predicted octanol–water partition coefficient (Wildman–Crippen LogP) is 1.44. The zero-order chi connectivity index (χ0) is 19.0. The maximum atomic E-state index is 12.6. The summed E-state index contributed by atoms with van der Waals surface area (Å²) >= 11 is 0. The number of hydrogen-bond donors (Lipinski definition) is 1. The average molecular weight is 377 g/mol. The van der Waals surface area contributed by atoms with Crippen molar-refractivity contribution in [3.05, 3.63) is 24.2 Å². The van der Waals surface area contributed by atoms with Crippen molar-refractivity contribution in [1.82, 2.24) is 15.0 Å². The Morgan fingerprint density at radius 2 is 2.26 bits per heavy atom. The molecule has 2 unspecified atom stereocenters. The molecule has 0 radical (unpaired) electrons. The summed E-state index contributed by atoms with van der Waals surface area (Å²) in [6.45, 7) is -1.68. The van der Waals surface area contributed by atoms with E-state index in [-0.39, 0.29) is 30.1 Å². The molecule has 4 heterocycles. The molecule has 2 aliphatic rings. The lowest BCUT2D eigenvalue weighted by Crippen LogP contribution is -2.37. The van der Waals surface area contributed by atoms with E-state index < -0.39 is 6.61 Å². The predicted molar refractivity (Wildman–Crippen MR) is 91.6 cm³/mol. The van der Waals surface area contributed by atoms with Gasteiger partial charge in [0.25, 0.3) is 0 Å². The normalized spacial score (nSPS) is 21.1. The lowest BCUT2D eigenvalue weighted by atomic mass is 10.1. The smallest absolute Gasteiger partial charge is 0.387 e. The van der Waals surface area contributed by atoms with Gasteiger partial charge in [0.2, 0.25) is 0 Å². The minimum atomic E-state index is -3.02. The maximum Gasteiger partial charge on any atom is 0.387 e. The van der Waals surface area contributed by atoms with Crippen LogP contribution in [0.5, 0.6) is 5.75 Å². The minimum Gasteiger partial charge on any atom is -0.431 e. The zero-order valence-electron chi connectivity index (χ0n) is 14.2. The number of hydrogen-bond acceptors (Lipinski definition) is 8. The zero-order valence-corrected chi connectivity index (χ0v) is 14.2. The molecule has 2 aliphatic heterocycles. The first-order valence-corrected chi connectivity index (χ1v) is 8.44. The SMILES string of the molecule is Nc1ncc(-c2cc(N3CC4CC3CO4)nc(CC=O)n2)cc1OC(F)F. The van der Waals surface area contributed by atoms with Gasteiger partial charge in [-0.15, -0.1) is 0 Å². The molecule has 0 aromatic carbocycles. The molecule has 2 saturated heterocycles. The second kappa shape index (κ2) is 7.03. The molecule has 10 heteroatoms. The van der Waals surface area contributed by atoms with Gasteiger partial charge in [-0.05, 0) is 12.5 Å². The lowest BCUT2D eigenvalue weighted by molar-refractivity contribution is -0.107. The number of aromatic nitrogens is 3. The molecule has 8 nitrogen and oxygen atoms in total. The summed E-state index contributed by atoms with van der Waals surface area (Å²) in [5.74, 6) is 0.638. The van der Waals surface area contributed by atoms with Crippen LogP contribution in [0.15, 0.2) is 18.3 Å². The number of nitrogens with two attached hydrogens (primary N) is 1. The summed E-state index contributed by atoms with van der Waals surface area (Å²) in [6, 6.07) is 3.32. The van der Waals surface area contributed by atoms with Gasteiger partial charge in [-0.2, -0.15) is 8.78 Å². The fraction of sp³-hybridized carbons (Fsp3) is 0.412. The molecule has 2 aromatic heterocycles. The van der Waals surface area contributed by atoms with Crippen molar-refractivity contribution in [2.45, 2.75) is 31.6 Å². The largest absolute Gasteiger partial charge is 0.431 e. The number of alkyl halides is 2. The fourth-order valence-electron chi connectivity index (χ4n) is 3.41. The minimum absolute atomic E-state index is 0.0437. The number of nitrogens with zero attached hydrogens (tertiary/aromatic N) is 4. The third kappa shape index (κ3) is 3.52. The van der Waals surface area contributed by atoms with Gasteiger partial charge in [-0.25, -0.2) is 15.0 Å². The molecule has 2 bridgehead atoms. The quantitative estimate of drug-likeness (QED) is 0.755. The Bertz CT molecular complexity index is 866. The van der Waals surface area contributed by atoms with Crippen LogP contribution in [0.2, 0.25) is 0 Å². The van der Waals surface area contributed by atoms with Gasteiger partial charge >= 0.3 is 6.61 Å². The van der Waals surface area contributed by atoms with E-state index in [0.717, 1.165) is 6.42 Å². The van der Waals surface area contributed by atoms with Crippen molar-refractivity contribution in [2.24, 2.45) is 0 Å². The van der Waals surface area contributed by atoms with E-state index in [2.05, 4.69) is 24.6 Å². The van der Waals surface area contributed by atoms with Crippen LogP contribution in [0.3, 0.4) is 0 Å². The summed E-state index contributed by atoms with van der Waals surface area (Å²) in [5.41, 5.74) is 6.49. The third-order valence-electron chi connectivity index (χ3n) is 4.61. The lowest BCUT2D eigenvalue weighted by Gasteiger charge is -2.28. The number of carbonyl (C=O) groups excluding carboxylic acids is 1. The van der Waals surface area contributed by atoms with Crippen LogP contribution in [-0.4, -0.2) is 53.1 Å². The van der Waals surface area contributed by atoms with Crippen molar-refractivity contribution in [3.63, 3.8) is 0 Å². The molecule has 0 aliphatic carbocycles. The highest BCUT2D eigenvalue weighted by Crippen LogP contribution is 2.34. The highest BCUT2D eigenvalue weighted by Gasteiger charge is 2.39. The molecule has 2 N–H and O–H groups in total. The standard InChI is InChI=1S/C17H17F2N5O3/c18-17(19)27-13-3-9(6-21-16(13)20)12-5-15(23-14(22-12)1-2-25)24-7-11-4-10(24)8-26-11/h2-3,5-6,10-11,17H,1,4,7-8H2,(H2,20,21). The number of rotatable bonds is 6. The van der Waals surface area contributed by atoms with Crippen molar-refractivity contribution >= 4 is 17.9 Å². The number of ether oxygens (including phenoxy) is 2. The van der Waals surface area contributed by atoms with E-state index in [9.17, 15) is 13.6 Å². The molecule has 0 spiro atoms. The van der Waals surface area contributed by atoms with Gasteiger partial charge in [0, 0.05) is 24.4 Å². The van der Waals surface area contributed by atoms with E-state index in [1.165, 1.54) is 12.3 Å². The molecule has 2 atom stereocenters. The van der Waals surface area contributed by atoms with E-state index in [1.807, 2.05) is 0 Å². The summed E-state index contributed by atoms with van der Waals surface area (Å²) in [5, 5.41) is 0. The third-order valence-corrected chi connectivity index (χ3v) is 4.61. The van der Waals surface area contributed by atoms with Gasteiger partial charge in [-0.1, -0.05) is 0 Å². The van der Waals surface area contributed by atoms with Gasteiger partial charge in [0.1, 0.15) is 17.9 Å². The summed E-state index contributed by atoms with van der Waals surface area (Å²) < 4.78 is 35.1. The molecule has 27 heavy (non-hydrogen) atoms. The summed E-state index contributed by atoms with van der Waals surface area (Å²) in [6.07, 6.45) is 3.28. The number of anilines is 2. The van der Waals surface area contributed by atoms with Crippen molar-refractivity contribution in [2.75, 3.05) is 23.8 Å². The molecule has 2 fully saturated rings. The number of nitrogen functional groups attached to an aromatic ring is 1. The molecule has 0 saturated carbocycles. The van der Waals surface area contributed by atoms with E-state index in [4.69, 9.17) is 10.5 Å². The first kappa shape index (κ1) is 17.5. The number of halogens is 2. The average Bonchev–Trinajstić information content (AvgIpc) is 3.26. The Balaban J connectivity index is 1.72.